The van der Waals surface area contributed by atoms with Gasteiger partial charge in [-0.05, 0) is 24.5 Å². The molecule has 0 spiro atoms. The fraction of sp³-hybridized carbons (Fsp3) is 0.300. The average molecular weight is 173 g/mol. The Labute approximate surface area is 76.0 Å². The molecule has 3 rings (SSSR count). The van der Waals surface area contributed by atoms with Crippen LogP contribution in [0.2, 0.25) is 0 Å². The molecule has 1 aliphatic carbocycles. The molecule has 3 nitrogen and oxygen atoms in total. The van der Waals surface area contributed by atoms with E-state index in [4.69, 9.17) is 5.73 Å². The van der Waals surface area contributed by atoms with E-state index in [1.807, 2.05) is 18.6 Å². The molecule has 3 heteroatoms. The van der Waals surface area contributed by atoms with Crippen LogP contribution in [0.15, 0.2) is 24.7 Å². The van der Waals surface area contributed by atoms with Gasteiger partial charge in [-0.15, -0.1) is 0 Å². The van der Waals surface area contributed by atoms with Crippen molar-refractivity contribution in [3.05, 3.63) is 30.2 Å². The quantitative estimate of drug-likeness (QED) is 0.686. The smallest absolute Gasteiger partial charge is 0.0643 e. The van der Waals surface area contributed by atoms with E-state index in [2.05, 4.69) is 16.0 Å². The molecule has 0 radical (unpaired) electrons. The minimum Gasteiger partial charge on any atom is -0.360 e. The van der Waals surface area contributed by atoms with Gasteiger partial charge in [0.05, 0.1) is 11.7 Å². The molecule has 0 bridgehead atoms. The Hall–Kier alpha value is -1.35. The Morgan fingerprint density at radius 2 is 2.23 bits per heavy atom. The van der Waals surface area contributed by atoms with Crippen LogP contribution >= 0.6 is 0 Å². The maximum Gasteiger partial charge on any atom is 0.0643 e. The van der Waals surface area contributed by atoms with Gasteiger partial charge in [0.2, 0.25) is 0 Å². The van der Waals surface area contributed by atoms with E-state index in [9.17, 15) is 0 Å². The molecule has 0 saturated heterocycles. The third-order valence-electron chi connectivity index (χ3n) is 2.80. The number of fused-ring (bicyclic) bond motifs is 1. The number of rotatable bonds is 1. The molecular formula is C10H11N3. The van der Waals surface area contributed by atoms with Gasteiger partial charge >= 0.3 is 0 Å². The summed E-state index contributed by atoms with van der Waals surface area (Å²) in [6.07, 6.45) is 7.83. The predicted molar refractivity (Wildman–Crippen MR) is 51.2 cm³/mol. The summed E-state index contributed by atoms with van der Waals surface area (Å²) in [7, 11) is 0. The van der Waals surface area contributed by atoms with Crippen LogP contribution in [0, 0.1) is 0 Å². The molecule has 0 aromatic carbocycles. The summed E-state index contributed by atoms with van der Waals surface area (Å²) in [6, 6.07) is 2.07. The number of H-pyrrole nitrogens is 1. The summed E-state index contributed by atoms with van der Waals surface area (Å²) < 4.78 is 0. The van der Waals surface area contributed by atoms with E-state index in [1.54, 1.807) is 0 Å². The third kappa shape index (κ3) is 0.906. The highest BCUT2D eigenvalue weighted by Gasteiger charge is 2.41. The predicted octanol–water partition coefficient (Wildman–Crippen LogP) is 1.51. The SMILES string of the molecule is NC1(c2cncc3[nH]ccc23)CC1. The van der Waals surface area contributed by atoms with Gasteiger partial charge in [0.15, 0.2) is 0 Å². The second-order valence-corrected chi connectivity index (χ2v) is 3.78. The molecule has 1 saturated carbocycles. The van der Waals surface area contributed by atoms with Gasteiger partial charge in [-0.1, -0.05) is 0 Å². The second kappa shape index (κ2) is 2.12. The van der Waals surface area contributed by atoms with E-state index in [-0.39, 0.29) is 5.54 Å². The fourth-order valence-electron chi connectivity index (χ4n) is 1.78. The molecule has 2 aromatic rings. The molecule has 1 fully saturated rings. The summed E-state index contributed by atoms with van der Waals surface area (Å²) >= 11 is 0. The molecular weight excluding hydrogens is 162 g/mol. The zero-order valence-electron chi connectivity index (χ0n) is 7.25. The van der Waals surface area contributed by atoms with E-state index in [0.29, 0.717) is 0 Å². The van der Waals surface area contributed by atoms with Crippen LogP contribution in [-0.4, -0.2) is 9.97 Å². The van der Waals surface area contributed by atoms with Gasteiger partial charge in [-0.25, -0.2) is 0 Å². The minimum absolute atomic E-state index is 0.0886. The van der Waals surface area contributed by atoms with Crippen LogP contribution < -0.4 is 5.73 Å². The Kier molecular flexibility index (Phi) is 1.15. The summed E-state index contributed by atoms with van der Waals surface area (Å²) in [6.45, 7) is 0. The molecule has 13 heavy (non-hydrogen) atoms. The largest absolute Gasteiger partial charge is 0.360 e. The second-order valence-electron chi connectivity index (χ2n) is 3.78. The number of pyridine rings is 1. The van der Waals surface area contributed by atoms with Crippen LogP contribution in [0.3, 0.4) is 0 Å². The normalized spacial score (nSPS) is 19.2. The highest BCUT2D eigenvalue weighted by atomic mass is 14.8. The summed E-state index contributed by atoms with van der Waals surface area (Å²) in [5, 5.41) is 1.22. The van der Waals surface area contributed by atoms with Gasteiger partial charge in [-0.2, -0.15) is 0 Å². The number of aromatic amines is 1. The van der Waals surface area contributed by atoms with Crippen LogP contribution in [0.1, 0.15) is 18.4 Å². The van der Waals surface area contributed by atoms with Crippen LogP contribution in [0.5, 0.6) is 0 Å². The molecule has 2 heterocycles. The Morgan fingerprint density at radius 3 is 3.00 bits per heavy atom. The lowest BCUT2D eigenvalue weighted by Crippen LogP contribution is -2.19. The van der Waals surface area contributed by atoms with Gasteiger partial charge in [0, 0.05) is 23.3 Å². The first kappa shape index (κ1) is 7.09. The molecule has 0 unspecified atom stereocenters. The van der Waals surface area contributed by atoms with Gasteiger partial charge in [0.1, 0.15) is 0 Å². The highest BCUT2D eigenvalue weighted by molar-refractivity contribution is 5.83. The van der Waals surface area contributed by atoms with E-state index < -0.39 is 0 Å². The number of nitrogens with zero attached hydrogens (tertiary/aromatic N) is 1. The molecule has 3 N–H and O–H groups in total. The first-order chi connectivity index (χ1) is 6.30. The van der Waals surface area contributed by atoms with E-state index in [0.717, 1.165) is 18.4 Å². The number of nitrogens with two attached hydrogens (primary N) is 1. The Balaban J connectivity index is 2.33. The lowest BCUT2D eigenvalue weighted by Gasteiger charge is -2.09. The van der Waals surface area contributed by atoms with E-state index >= 15 is 0 Å². The number of aromatic nitrogens is 2. The summed E-state index contributed by atoms with van der Waals surface area (Å²) in [5.41, 5.74) is 8.32. The summed E-state index contributed by atoms with van der Waals surface area (Å²) in [5.74, 6) is 0. The molecule has 0 atom stereocenters. The fourth-order valence-corrected chi connectivity index (χ4v) is 1.78. The van der Waals surface area contributed by atoms with Gasteiger partial charge in [0.25, 0.3) is 0 Å². The van der Waals surface area contributed by atoms with Crippen molar-refractivity contribution in [3.8, 4) is 0 Å². The average Bonchev–Trinajstić information content (AvgIpc) is 2.72. The van der Waals surface area contributed by atoms with Gasteiger partial charge < -0.3 is 10.7 Å². The van der Waals surface area contributed by atoms with Crippen molar-refractivity contribution in [2.75, 3.05) is 0 Å². The molecule has 1 aliphatic rings. The van der Waals surface area contributed by atoms with E-state index in [1.165, 1.54) is 10.9 Å². The maximum atomic E-state index is 6.14. The van der Waals surface area contributed by atoms with Crippen molar-refractivity contribution in [2.24, 2.45) is 5.73 Å². The number of hydrogen-bond acceptors (Lipinski definition) is 2. The minimum atomic E-state index is -0.0886. The van der Waals surface area contributed by atoms with Crippen molar-refractivity contribution in [1.29, 1.82) is 0 Å². The van der Waals surface area contributed by atoms with Crippen LogP contribution in [0.4, 0.5) is 0 Å². The van der Waals surface area contributed by atoms with Crippen molar-refractivity contribution in [2.45, 2.75) is 18.4 Å². The van der Waals surface area contributed by atoms with Crippen LogP contribution in [0.25, 0.3) is 10.9 Å². The Bertz CT molecular complexity index is 454. The first-order valence-corrected chi connectivity index (χ1v) is 4.50. The molecule has 66 valence electrons. The van der Waals surface area contributed by atoms with Crippen molar-refractivity contribution < 1.29 is 0 Å². The highest BCUT2D eigenvalue weighted by Crippen LogP contribution is 2.44. The Morgan fingerprint density at radius 1 is 1.38 bits per heavy atom. The summed E-state index contributed by atoms with van der Waals surface area (Å²) in [4.78, 5) is 7.32. The number of nitrogens with one attached hydrogen (secondary N) is 1. The lowest BCUT2D eigenvalue weighted by molar-refractivity contribution is 0.743. The zero-order chi connectivity index (χ0) is 8.89. The lowest BCUT2D eigenvalue weighted by atomic mass is 10.0. The van der Waals surface area contributed by atoms with Crippen molar-refractivity contribution in [3.63, 3.8) is 0 Å². The third-order valence-corrected chi connectivity index (χ3v) is 2.80. The zero-order valence-corrected chi connectivity index (χ0v) is 7.25. The molecule has 2 aromatic heterocycles. The monoisotopic (exact) mass is 173 g/mol. The first-order valence-electron chi connectivity index (χ1n) is 4.50. The maximum absolute atomic E-state index is 6.14. The number of hydrogen-bond donors (Lipinski definition) is 2. The van der Waals surface area contributed by atoms with Crippen molar-refractivity contribution in [1.82, 2.24) is 9.97 Å². The van der Waals surface area contributed by atoms with Gasteiger partial charge in [-0.3, -0.25) is 4.98 Å². The molecule has 0 amide bonds. The standard InChI is InChI=1S/C10H11N3/c11-10(2-3-10)8-5-12-6-9-7(8)1-4-13-9/h1,4-6,13H,2-3,11H2. The van der Waals surface area contributed by atoms with Crippen molar-refractivity contribution >= 4 is 10.9 Å². The topological polar surface area (TPSA) is 54.7 Å². The molecule has 0 aliphatic heterocycles. The van der Waals surface area contributed by atoms with Crippen LogP contribution in [-0.2, 0) is 5.54 Å².